The third-order valence-electron chi connectivity index (χ3n) is 2.13. The van der Waals surface area contributed by atoms with Gasteiger partial charge in [0.05, 0.1) is 11.2 Å². The molecule has 1 aromatic carbocycles. The number of hydrogen-bond acceptors (Lipinski definition) is 3. The summed E-state index contributed by atoms with van der Waals surface area (Å²) in [5.74, 6) is 0.0785. The Labute approximate surface area is 87.8 Å². The van der Waals surface area contributed by atoms with Gasteiger partial charge in [0.1, 0.15) is 11.9 Å². The lowest BCUT2D eigenvalue weighted by atomic mass is 10.2. The first-order valence-electron chi connectivity index (χ1n) is 4.84. The third kappa shape index (κ3) is 1.70. The van der Waals surface area contributed by atoms with Crippen molar-refractivity contribution in [1.82, 2.24) is 4.73 Å². The van der Waals surface area contributed by atoms with Gasteiger partial charge in [-0.1, -0.05) is 0 Å². The molecule has 0 saturated heterocycles. The second-order valence-electron chi connectivity index (χ2n) is 3.77. The van der Waals surface area contributed by atoms with Crippen LogP contribution in [0.1, 0.15) is 13.8 Å². The third-order valence-corrected chi connectivity index (χ3v) is 2.13. The average molecular weight is 206 g/mol. The molecular weight excluding hydrogens is 192 g/mol. The number of nitrogens with two attached hydrogens (primary N) is 1. The molecule has 0 aliphatic rings. The molecule has 0 radical (unpaired) electrons. The van der Waals surface area contributed by atoms with Crippen molar-refractivity contribution in [2.24, 2.45) is 0 Å². The lowest BCUT2D eigenvalue weighted by Gasteiger charge is -2.11. The lowest BCUT2D eigenvalue weighted by molar-refractivity contribution is 0.0686. The molecule has 1 heterocycles. The molecule has 0 unspecified atom stereocenters. The van der Waals surface area contributed by atoms with Crippen molar-refractivity contribution in [2.75, 3.05) is 5.73 Å². The Morgan fingerprint density at radius 1 is 1.40 bits per heavy atom. The molecule has 4 heteroatoms. The summed E-state index contributed by atoms with van der Waals surface area (Å²) in [7, 11) is 0. The Morgan fingerprint density at radius 3 is 2.80 bits per heavy atom. The maximum atomic E-state index is 9.50. The van der Waals surface area contributed by atoms with Gasteiger partial charge in [0, 0.05) is 17.6 Å². The number of aromatic nitrogens is 1. The summed E-state index contributed by atoms with van der Waals surface area (Å²) in [5.41, 5.74) is 6.79. The summed E-state index contributed by atoms with van der Waals surface area (Å²) >= 11 is 0. The van der Waals surface area contributed by atoms with Crippen molar-refractivity contribution in [1.29, 1.82) is 0 Å². The first kappa shape index (κ1) is 9.71. The number of nitrogens with zero attached hydrogens (tertiary/aromatic N) is 1. The van der Waals surface area contributed by atoms with Crippen LogP contribution in [0.2, 0.25) is 0 Å². The number of phenolic OH excluding ortho intramolecular Hbond substituents is 1. The molecule has 3 N–H and O–H groups in total. The topological polar surface area (TPSA) is 60.4 Å². The van der Waals surface area contributed by atoms with Crippen LogP contribution in [0.4, 0.5) is 5.69 Å². The van der Waals surface area contributed by atoms with E-state index < -0.39 is 0 Å². The van der Waals surface area contributed by atoms with Crippen molar-refractivity contribution in [2.45, 2.75) is 20.0 Å². The Hall–Kier alpha value is -1.84. The number of hydrogen-bond donors (Lipinski definition) is 2. The van der Waals surface area contributed by atoms with Crippen LogP contribution < -0.4 is 10.6 Å². The fourth-order valence-corrected chi connectivity index (χ4v) is 1.48. The van der Waals surface area contributed by atoms with E-state index in [2.05, 4.69) is 0 Å². The summed E-state index contributed by atoms with van der Waals surface area (Å²) in [5, 5.41) is 10.5. The van der Waals surface area contributed by atoms with Crippen LogP contribution in [-0.4, -0.2) is 15.9 Å². The Balaban J connectivity index is 2.54. The molecule has 2 aromatic rings. The summed E-state index contributed by atoms with van der Waals surface area (Å²) in [6, 6.07) is 5.23. The zero-order valence-electron chi connectivity index (χ0n) is 8.77. The first-order valence-corrected chi connectivity index (χ1v) is 4.84. The number of anilines is 1. The molecule has 0 aliphatic carbocycles. The second kappa shape index (κ2) is 3.38. The zero-order valence-corrected chi connectivity index (χ0v) is 8.77. The van der Waals surface area contributed by atoms with E-state index in [0.29, 0.717) is 5.69 Å². The normalized spacial score (nSPS) is 11.1. The molecule has 0 saturated carbocycles. The van der Waals surface area contributed by atoms with E-state index in [9.17, 15) is 5.11 Å². The smallest absolute Gasteiger partial charge is 0.140 e. The second-order valence-corrected chi connectivity index (χ2v) is 3.77. The van der Waals surface area contributed by atoms with Crippen molar-refractivity contribution in [3.8, 4) is 5.75 Å². The van der Waals surface area contributed by atoms with E-state index in [1.165, 1.54) is 0 Å². The summed E-state index contributed by atoms with van der Waals surface area (Å²) in [6.07, 6.45) is 1.89. The largest absolute Gasteiger partial charge is 0.506 e. The zero-order chi connectivity index (χ0) is 11.0. The maximum absolute atomic E-state index is 9.50. The monoisotopic (exact) mass is 206 g/mol. The van der Waals surface area contributed by atoms with E-state index in [0.717, 1.165) is 10.9 Å². The minimum absolute atomic E-state index is 0.0785. The summed E-state index contributed by atoms with van der Waals surface area (Å²) in [6.45, 7) is 3.89. The molecule has 0 atom stereocenters. The van der Waals surface area contributed by atoms with Gasteiger partial charge in [-0.15, -0.1) is 0 Å². The number of nitrogen functional groups attached to an aromatic ring is 1. The van der Waals surface area contributed by atoms with E-state index in [1.807, 2.05) is 26.1 Å². The molecule has 15 heavy (non-hydrogen) atoms. The van der Waals surface area contributed by atoms with Gasteiger partial charge >= 0.3 is 0 Å². The van der Waals surface area contributed by atoms with E-state index in [4.69, 9.17) is 10.6 Å². The lowest BCUT2D eigenvalue weighted by Crippen LogP contribution is -2.17. The molecule has 2 rings (SSSR count). The SMILES string of the molecule is CC(C)On1ccc2cc(N)c(O)cc21. The van der Waals surface area contributed by atoms with Gasteiger partial charge in [0.25, 0.3) is 0 Å². The van der Waals surface area contributed by atoms with Crippen LogP contribution in [0, 0.1) is 0 Å². The summed E-state index contributed by atoms with van der Waals surface area (Å²) in [4.78, 5) is 5.53. The van der Waals surface area contributed by atoms with E-state index in [-0.39, 0.29) is 11.9 Å². The highest BCUT2D eigenvalue weighted by atomic mass is 16.7. The Bertz CT molecular complexity index is 489. The highest BCUT2D eigenvalue weighted by Crippen LogP contribution is 2.27. The number of phenols is 1. The van der Waals surface area contributed by atoms with Gasteiger partial charge < -0.3 is 15.7 Å². The number of aromatic hydroxyl groups is 1. The number of benzene rings is 1. The predicted molar refractivity (Wildman–Crippen MR) is 59.7 cm³/mol. The highest BCUT2D eigenvalue weighted by molar-refractivity contribution is 5.85. The van der Waals surface area contributed by atoms with Crippen LogP contribution in [0.3, 0.4) is 0 Å². The van der Waals surface area contributed by atoms with Crippen molar-refractivity contribution in [3.63, 3.8) is 0 Å². The Kier molecular flexibility index (Phi) is 2.19. The fourth-order valence-electron chi connectivity index (χ4n) is 1.48. The van der Waals surface area contributed by atoms with Crippen LogP contribution in [0.5, 0.6) is 5.75 Å². The van der Waals surface area contributed by atoms with Crippen LogP contribution in [0.15, 0.2) is 24.4 Å². The molecule has 0 spiro atoms. The molecule has 0 aliphatic heterocycles. The Morgan fingerprint density at radius 2 is 2.13 bits per heavy atom. The fraction of sp³-hybridized carbons (Fsp3) is 0.273. The standard InChI is InChI=1S/C11H14N2O2/c1-7(2)15-13-4-3-8-5-9(12)11(14)6-10(8)13/h3-7,14H,12H2,1-2H3. The van der Waals surface area contributed by atoms with E-state index >= 15 is 0 Å². The average Bonchev–Trinajstić information content (AvgIpc) is 2.49. The highest BCUT2D eigenvalue weighted by Gasteiger charge is 2.06. The van der Waals surface area contributed by atoms with Crippen molar-refractivity contribution < 1.29 is 9.94 Å². The maximum Gasteiger partial charge on any atom is 0.140 e. The summed E-state index contributed by atoms with van der Waals surface area (Å²) < 4.78 is 1.64. The molecule has 0 bridgehead atoms. The number of rotatable bonds is 2. The number of fused-ring (bicyclic) bond motifs is 1. The molecule has 4 nitrogen and oxygen atoms in total. The van der Waals surface area contributed by atoms with Gasteiger partial charge in [-0.3, -0.25) is 0 Å². The quantitative estimate of drug-likeness (QED) is 0.581. The minimum Gasteiger partial charge on any atom is -0.506 e. The molecule has 0 amide bonds. The minimum atomic E-state index is 0.0785. The van der Waals surface area contributed by atoms with Crippen molar-refractivity contribution in [3.05, 3.63) is 24.4 Å². The van der Waals surface area contributed by atoms with Gasteiger partial charge in [-0.25, -0.2) is 0 Å². The molecule has 0 fully saturated rings. The van der Waals surface area contributed by atoms with E-state index in [1.54, 1.807) is 16.9 Å². The van der Waals surface area contributed by atoms with Crippen LogP contribution in [-0.2, 0) is 0 Å². The van der Waals surface area contributed by atoms with Gasteiger partial charge in [0.15, 0.2) is 0 Å². The first-order chi connectivity index (χ1) is 7.08. The van der Waals surface area contributed by atoms with Gasteiger partial charge in [-0.05, 0) is 26.0 Å². The van der Waals surface area contributed by atoms with Gasteiger partial charge in [-0.2, -0.15) is 4.73 Å². The predicted octanol–water partition coefficient (Wildman–Crippen LogP) is 1.77. The molecule has 1 aromatic heterocycles. The van der Waals surface area contributed by atoms with Crippen molar-refractivity contribution >= 4 is 16.6 Å². The van der Waals surface area contributed by atoms with Crippen LogP contribution in [0.25, 0.3) is 10.9 Å². The molecule has 80 valence electrons. The van der Waals surface area contributed by atoms with Crippen LogP contribution >= 0.6 is 0 Å². The molecular formula is C11H14N2O2. The van der Waals surface area contributed by atoms with Gasteiger partial charge in [0.2, 0.25) is 0 Å².